The van der Waals surface area contributed by atoms with Crippen molar-refractivity contribution in [1.29, 1.82) is 0 Å². The Bertz CT molecular complexity index is 1180. The molecule has 37 heavy (non-hydrogen) atoms. The standard InChI is InChI=1S/C28H41N3O5S/c1-20(26(33)29-28(5,6)7)30(18-21-10-16-24(36-8)17-11-21)25(32)19-31(37(9,34)35)23-14-12-22(13-15-23)27(2,3)4/h10-17,20H,18-19H2,1-9H3,(H,29,33). The highest BCUT2D eigenvalue weighted by molar-refractivity contribution is 7.92. The Balaban J connectivity index is 2.41. The number of rotatable bonds is 9. The van der Waals surface area contributed by atoms with Crippen molar-refractivity contribution >= 4 is 27.5 Å². The molecule has 204 valence electrons. The topological polar surface area (TPSA) is 96.0 Å². The second kappa shape index (κ2) is 11.5. The Kier molecular flexibility index (Phi) is 9.41. The van der Waals surface area contributed by atoms with Crippen LogP contribution in [0.4, 0.5) is 5.69 Å². The minimum absolute atomic E-state index is 0.102. The zero-order chi connectivity index (χ0) is 28.2. The number of carbonyl (C=O) groups is 2. The predicted molar refractivity (Wildman–Crippen MR) is 148 cm³/mol. The third-order valence-corrected chi connectivity index (χ3v) is 7.02. The van der Waals surface area contributed by atoms with Gasteiger partial charge in [-0.25, -0.2) is 8.42 Å². The monoisotopic (exact) mass is 531 g/mol. The van der Waals surface area contributed by atoms with E-state index < -0.39 is 34.1 Å². The van der Waals surface area contributed by atoms with Crippen molar-refractivity contribution in [3.05, 3.63) is 59.7 Å². The van der Waals surface area contributed by atoms with Crippen LogP contribution >= 0.6 is 0 Å². The fraction of sp³-hybridized carbons (Fsp3) is 0.500. The number of benzene rings is 2. The molecule has 0 aliphatic heterocycles. The lowest BCUT2D eigenvalue weighted by atomic mass is 9.87. The van der Waals surface area contributed by atoms with Crippen LogP contribution in [-0.2, 0) is 31.6 Å². The van der Waals surface area contributed by atoms with Crippen LogP contribution in [0.15, 0.2) is 48.5 Å². The number of hydrogen-bond acceptors (Lipinski definition) is 5. The van der Waals surface area contributed by atoms with E-state index in [1.807, 2.05) is 45.0 Å². The van der Waals surface area contributed by atoms with Gasteiger partial charge < -0.3 is 15.0 Å². The Morgan fingerprint density at radius 1 is 0.946 bits per heavy atom. The number of carbonyl (C=O) groups excluding carboxylic acids is 2. The van der Waals surface area contributed by atoms with E-state index in [1.54, 1.807) is 38.3 Å². The predicted octanol–water partition coefficient (Wildman–Crippen LogP) is 4.09. The van der Waals surface area contributed by atoms with E-state index in [9.17, 15) is 18.0 Å². The molecule has 1 N–H and O–H groups in total. The van der Waals surface area contributed by atoms with Crippen LogP contribution in [0.5, 0.6) is 5.75 Å². The van der Waals surface area contributed by atoms with E-state index in [1.165, 1.54) is 4.90 Å². The maximum atomic E-state index is 13.7. The van der Waals surface area contributed by atoms with E-state index in [-0.39, 0.29) is 17.9 Å². The van der Waals surface area contributed by atoms with Gasteiger partial charge in [0.2, 0.25) is 21.8 Å². The van der Waals surface area contributed by atoms with Crippen molar-refractivity contribution in [3.63, 3.8) is 0 Å². The molecule has 0 aliphatic rings. The molecule has 0 bridgehead atoms. The number of nitrogens with one attached hydrogen (secondary N) is 1. The molecular weight excluding hydrogens is 490 g/mol. The molecule has 0 fully saturated rings. The normalized spacial score (nSPS) is 13.0. The first kappa shape index (κ1) is 30.2. The Morgan fingerprint density at radius 2 is 1.49 bits per heavy atom. The average molecular weight is 532 g/mol. The van der Waals surface area contributed by atoms with E-state index in [0.29, 0.717) is 11.4 Å². The first-order valence-corrected chi connectivity index (χ1v) is 14.1. The summed E-state index contributed by atoms with van der Waals surface area (Å²) in [4.78, 5) is 28.1. The van der Waals surface area contributed by atoms with Crippen molar-refractivity contribution in [3.8, 4) is 5.75 Å². The summed E-state index contributed by atoms with van der Waals surface area (Å²) in [6, 6.07) is 13.5. The second-order valence-electron chi connectivity index (χ2n) is 11.4. The van der Waals surface area contributed by atoms with Crippen molar-refractivity contribution in [2.24, 2.45) is 0 Å². The molecule has 1 atom stereocenters. The molecular formula is C28H41N3O5S. The van der Waals surface area contributed by atoms with Crippen LogP contribution in [0.25, 0.3) is 0 Å². The number of hydrogen-bond donors (Lipinski definition) is 1. The summed E-state index contributed by atoms with van der Waals surface area (Å²) in [5, 5.41) is 2.91. The molecule has 1 unspecified atom stereocenters. The molecule has 2 amide bonds. The van der Waals surface area contributed by atoms with Crippen LogP contribution in [-0.4, -0.2) is 56.6 Å². The number of sulfonamides is 1. The minimum Gasteiger partial charge on any atom is -0.497 e. The largest absolute Gasteiger partial charge is 0.497 e. The van der Waals surface area contributed by atoms with E-state index in [0.717, 1.165) is 21.7 Å². The molecule has 9 heteroatoms. The summed E-state index contributed by atoms with van der Waals surface area (Å²) in [6.45, 7) is 13.1. The number of amides is 2. The van der Waals surface area contributed by atoms with E-state index >= 15 is 0 Å². The molecule has 8 nitrogen and oxygen atoms in total. The first-order valence-electron chi connectivity index (χ1n) is 12.2. The zero-order valence-corrected chi connectivity index (χ0v) is 24.3. The summed E-state index contributed by atoms with van der Waals surface area (Å²) in [5.41, 5.74) is 1.62. The van der Waals surface area contributed by atoms with Gasteiger partial charge in [0.25, 0.3) is 0 Å². The Morgan fingerprint density at radius 3 is 1.92 bits per heavy atom. The summed E-state index contributed by atoms with van der Waals surface area (Å²) in [6.07, 6.45) is 1.07. The molecule has 2 rings (SSSR count). The van der Waals surface area contributed by atoms with Gasteiger partial charge in [-0.2, -0.15) is 0 Å². The maximum Gasteiger partial charge on any atom is 0.244 e. The van der Waals surface area contributed by atoms with E-state index in [4.69, 9.17) is 4.74 Å². The molecule has 0 saturated heterocycles. The molecule has 0 aromatic heterocycles. The van der Waals surface area contributed by atoms with Gasteiger partial charge in [0.1, 0.15) is 18.3 Å². The fourth-order valence-electron chi connectivity index (χ4n) is 3.73. The molecule has 0 aliphatic carbocycles. The molecule has 2 aromatic carbocycles. The highest BCUT2D eigenvalue weighted by Crippen LogP contribution is 2.26. The smallest absolute Gasteiger partial charge is 0.244 e. The van der Waals surface area contributed by atoms with Crippen molar-refractivity contribution in [2.75, 3.05) is 24.2 Å². The quantitative estimate of drug-likeness (QED) is 0.526. The lowest BCUT2D eigenvalue weighted by molar-refractivity contribution is -0.140. The lowest BCUT2D eigenvalue weighted by Gasteiger charge is -2.33. The number of nitrogens with zero attached hydrogens (tertiary/aromatic N) is 2. The Labute approximate surface area is 222 Å². The third-order valence-electron chi connectivity index (χ3n) is 5.88. The maximum absolute atomic E-state index is 13.7. The van der Waals surface area contributed by atoms with Gasteiger partial charge >= 0.3 is 0 Å². The minimum atomic E-state index is -3.78. The van der Waals surface area contributed by atoms with Gasteiger partial charge in [-0.05, 0) is 68.5 Å². The zero-order valence-electron chi connectivity index (χ0n) is 23.5. The van der Waals surface area contributed by atoms with Crippen LogP contribution in [0.1, 0.15) is 59.6 Å². The first-order chi connectivity index (χ1) is 16.9. The Hall–Kier alpha value is -3.07. The summed E-state index contributed by atoms with van der Waals surface area (Å²) >= 11 is 0. The molecule has 2 aromatic rings. The van der Waals surface area contributed by atoms with Crippen LogP contribution in [0.2, 0.25) is 0 Å². The lowest BCUT2D eigenvalue weighted by Crippen LogP contribution is -2.54. The highest BCUT2D eigenvalue weighted by atomic mass is 32.2. The number of methoxy groups -OCH3 is 1. The number of anilines is 1. The second-order valence-corrected chi connectivity index (χ2v) is 13.3. The van der Waals surface area contributed by atoms with Gasteiger partial charge in [-0.3, -0.25) is 13.9 Å². The van der Waals surface area contributed by atoms with Crippen LogP contribution in [0, 0.1) is 0 Å². The van der Waals surface area contributed by atoms with Crippen LogP contribution in [0.3, 0.4) is 0 Å². The van der Waals surface area contributed by atoms with E-state index in [2.05, 4.69) is 26.1 Å². The van der Waals surface area contributed by atoms with Crippen molar-refractivity contribution in [1.82, 2.24) is 10.2 Å². The highest BCUT2D eigenvalue weighted by Gasteiger charge is 2.31. The SMILES string of the molecule is COc1ccc(CN(C(=O)CN(c2ccc(C(C)(C)C)cc2)S(C)(=O)=O)C(C)C(=O)NC(C)(C)C)cc1. The van der Waals surface area contributed by atoms with Crippen LogP contribution < -0.4 is 14.4 Å². The van der Waals surface area contributed by atoms with Crippen molar-refractivity contribution < 1.29 is 22.7 Å². The van der Waals surface area contributed by atoms with Gasteiger partial charge in [0, 0.05) is 12.1 Å². The summed E-state index contributed by atoms with van der Waals surface area (Å²) in [5.74, 6) is -0.144. The summed E-state index contributed by atoms with van der Waals surface area (Å²) < 4.78 is 31.8. The van der Waals surface area contributed by atoms with Gasteiger partial charge in [-0.1, -0.05) is 45.0 Å². The van der Waals surface area contributed by atoms with Gasteiger partial charge in [0.15, 0.2) is 0 Å². The fourth-order valence-corrected chi connectivity index (χ4v) is 4.58. The van der Waals surface area contributed by atoms with Crippen molar-refractivity contribution in [2.45, 2.75) is 72.0 Å². The average Bonchev–Trinajstić information content (AvgIpc) is 2.78. The number of ether oxygens (including phenoxy) is 1. The third kappa shape index (κ3) is 8.77. The molecule has 0 saturated carbocycles. The molecule has 0 radical (unpaired) electrons. The molecule has 0 spiro atoms. The molecule has 0 heterocycles. The van der Waals surface area contributed by atoms with Gasteiger partial charge in [0.05, 0.1) is 19.1 Å². The summed E-state index contributed by atoms with van der Waals surface area (Å²) in [7, 11) is -2.22. The van der Waals surface area contributed by atoms with Gasteiger partial charge in [-0.15, -0.1) is 0 Å².